The monoisotopic (exact) mass is 413 g/mol. The van der Waals surface area contributed by atoms with Crippen LogP contribution in [0.5, 0.6) is 11.5 Å². The van der Waals surface area contributed by atoms with Crippen molar-refractivity contribution in [3.05, 3.63) is 63.3 Å². The Morgan fingerprint density at radius 2 is 1.96 bits per heavy atom. The molecule has 0 saturated carbocycles. The minimum Gasteiger partial charge on any atom is -0.493 e. The van der Waals surface area contributed by atoms with Gasteiger partial charge < -0.3 is 14.8 Å². The fourth-order valence-electron chi connectivity index (χ4n) is 3.51. The van der Waals surface area contributed by atoms with E-state index in [9.17, 15) is 4.79 Å². The number of amides is 1. The third-order valence-corrected chi connectivity index (χ3v) is 6.18. The molecule has 2 heterocycles. The maximum atomic E-state index is 12.5. The van der Waals surface area contributed by atoms with Crippen LogP contribution in [0, 0.1) is 0 Å². The van der Waals surface area contributed by atoms with Crippen molar-refractivity contribution in [2.24, 2.45) is 0 Å². The normalized spacial score (nSPS) is 15.7. The molecule has 6 heteroatoms. The van der Waals surface area contributed by atoms with Crippen LogP contribution in [0.2, 0.25) is 5.02 Å². The van der Waals surface area contributed by atoms with E-state index in [2.05, 4.69) is 10.7 Å². The van der Waals surface area contributed by atoms with Crippen molar-refractivity contribution in [1.29, 1.82) is 0 Å². The zero-order chi connectivity index (χ0) is 19.7. The van der Waals surface area contributed by atoms with E-state index in [1.165, 1.54) is 0 Å². The molecular formula is C22H20ClNO3S. The molecule has 0 radical (unpaired) electrons. The highest BCUT2D eigenvalue weighted by molar-refractivity contribution is 7.11. The Bertz CT molecular complexity index is 1010. The highest BCUT2D eigenvalue weighted by Gasteiger charge is 2.31. The molecule has 3 aromatic rings. The van der Waals surface area contributed by atoms with E-state index >= 15 is 0 Å². The Kier molecular flexibility index (Phi) is 5.29. The summed E-state index contributed by atoms with van der Waals surface area (Å²) in [6.45, 7) is 2.51. The van der Waals surface area contributed by atoms with Crippen molar-refractivity contribution >= 4 is 34.5 Å². The number of carbonyl (C=O) groups excluding carboxylic acids is 1. The third kappa shape index (κ3) is 3.48. The van der Waals surface area contributed by atoms with Crippen molar-refractivity contribution in [2.75, 3.05) is 19.0 Å². The van der Waals surface area contributed by atoms with Gasteiger partial charge in [-0.1, -0.05) is 29.8 Å². The SMILES string of the molecule is CCOc1ccc(C2CC(=O)Nc3c(-c4ccc(Cl)cc4)csc32)cc1OC. The lowest BCUT2D eigenvalue weighted by molar-refractivity contribution is -0.116. The van der Waals surface area contributed by atoms with Crippen molar-refractivity contribution in [1.82, 2.24) is 0 Å². The molecule has 0 bridgehead atoms. The lowest BCUT2D eigenvalue weighted by atomic mass is 9.89. The highest BCUT2D eigenvalue weighted by atomic mass is 35.5. The van der Waals surface area contributed by atoms with Crippen LogP contribution in [0.4, 0.5) is 5.69 Å². The number of carbonyl (C=O) groups is 1. The quantitative estimate of drug-likeness (QED) is 0.562. The van der Waals surface area contributed by atoms with Gasteiger partial charge >= 0.3 is 0 Å². The van der Waals surface area contributed by atoms with Crippen LogP contribution >= 0.6 is 22.9 Å². The predicted molar refractivity (Wildman–Crippen MR) is 114 cm³/mol. The second-order valence-corrected chi connectivity index (χ2v) is 7.89. The Hall–Kier alpha value is -2.50. The Morgan fingerprint density at radius 3 is 2.68 bits per heavy atom. The molecule has 1 amide bonds. The average Bonchev–Trinajstić information content (AvgIpc) is 3.12. The van der Waals surface area contributed by atoms with Gasteiger partial charge in [0.2, 0.25) is 5.91 Å². The molecule has 1 aromatic heterocycles. The number of anilines is 1. The van der Waals surface area contributed by atoms with Gasteiger partial charge in [-0.15, -0.1) is 11.3 Å². The number of halogens is 1. The van der Waals surface area contributed by atoms with E-state index in [0.29, 0.717) is 29.5 Å². The molecule has 1 aliphatic heterocycles. The molecule has 0 saturated heterocycles. The van der Waals surface area contributed by atoms with E-state index in [1.54, 1.807) is 18.4 Å². The fourth-order valence-corrected chi connectivity index (χ4v) is 4.80. The maximum absolute atomic E-state index is 12.5. The number of hydrogen-bond donors (Lipinski definition) is 1. The molecule has 0 fully saturated rings. The fraction of sp³-hybridized carbons (Fsp3) is 0.227. The van der Waals surface area contributed by atoms with Gasteiger partial charge in [0.05, 0.1) is 19.4 Å². The molecule has 1 unspecified atom stereocenters. The van der Waals surface area contributed by atoms with Crippen LogP contribution < -0.4 is 14.8 Å². The third-order valence-electron chi connectivity index (χ3n) is 4.84. The van der Waals surface area contributed by atoms with Gasteiger partial charge in [0.15, 0.2) is 11.5 Å². The first-order valence-electron chi connectivity index (χ1n) is 9.08. The summed E-state index contributed by atoms with van der Waals surface area (Å²) in [6.07, 6.45) is 0.407. The highest BCUT2D eigenvalue weighted by Crippen LogP contribution is 2.47. The number of benzene rings is 2. The Morgan fingerprint density at radius 1 is 1.18 bits per heavy atom. The number of ether oxygens (including phenoxy) is 2. The van der Waals surface area contributed by atoms with Gasteiger partial charge in [0.25, 0.3) is 0 Å². The lowest BCUT2D eigenvalue weighted by Gasteiger charge is -2.24. The Labute approximate surface area is 173 Å². The van der Waals surface area contributed by atoms with Crippen LogP contribution in [0.25, 0.3) is 11.1 Å². The molecule has 2 aromatic carbocycles. The molecular weight excluding hydrogens is 394 g/mol. The maximum Gasteiger partial charge on any atom is 0.225 e. The van der Waals surface area contributed by atoms with Gasteiger partial charge in [0, 0.05) is 33.2 Å². The summed E-state index contributed by atoms with van der Waals surface area (Å²) in [5.74, 6) is 1.39. The molecule has 0 aliphatic carbocycles. The number of thiophene rings is 1. The summed E-state index contributed by atoms with van der Waals surface area (Å²) in [6, 6.07) is 13.6. The summed E-state index contributed by atoms with van der Waals surface area (Å²) >= 11 is 7.68. The molecule has 4 nitrogen and oxygen atoms in total. The van der Waals surface area contributed by atoms with Gasteiger partial charge in [-0.2, -0.15) is 0 Å². The molecule has 1 atom stereocenters. The summed E-state index contributed by atoms with van der Waals surface area (Å²) in [5, 5.41) is 5.85. The minimum absolute atomic E-state index is 0.0129. The number of rotatable bonds is 5. The van der Waals surface area contributed by atoms with Gasteiger partial charge in [-0.25, -0.2) is 0 Å². The minimum atomic E-state index is -0.0145. The van der Waals surface area contributed by atoms with E-state index < -0.39 is 0 Å². The second-order valence-electron chi connectivity index (χ2n) is 6.54. The van der Waals surface area contributed by atoms with Gasteiger partial charge in [-0.3, -0.25) is 4.79 Å². The first-order valence-corrected chi connectivity index (χ1v) is 10.3. The first kappa shape index (κ1) is 18.8. The summed E-state index contributed by atoms with van der Waals surface area (Å²) in [7, 11) is 1.63. The van der Waals surface area contributed by atoms with Crippen molar-refractivity contribution < 1.29 is 14.3 Å². The van der Waals surface area contributed by atoms with Gasteiger partial charge in [-0.05, 0) is 42.3 Å². The van der Waals surface area contributed by atoms with Crippen molar-refractivity contribution in [3.8, 4) is 22.6 Å². The predicted octanol–water partition coefficient (Wildman–Crippen LogP) is 5.95. The van der Waals surface area contributed by atoms with Crippen molar-refractivity contribution in [3.63, 3.8) is 0 Å². The van der Waals surface area contributed by atoms with Crippen LogP contribution in [-0.4, -0.2) is 19.6 Å². The molecule has 1 N–H and O–H groups in total. The van der Waals surface area contributed by atoms with E-state index in [0.717, 1.165) is 27.3 Å². The van der Waals surface area contributed by atoms with Crippen LogP contribution in [0.3, 0.4) is 0 Å². The average molecular weight is 414 g/mol. The zero-order valence-corrected chi connectivity index (χ0v) is 17.2. The number of hydrogen-bond acceptors (Lipinski definition) is 4. The van der Waals surface area contributed by atoms with Crippen LogP contribution in [0.15, 0.2) is 47.8 Å². The summed E-state index contributed by atoms with van der Waals surface area (Å²) in [5.41, 5.74) is 3.99. The van der Waals surface area contributed by atoms with E-state index in [4.69, 9.17) is 21.1 Å². The molecule has 1 aliphatic rings. The molecule has 144 valence electrons. The largest absolute Gasteiger partial charge is 0.493 e. The van der Waals surface area contributed by atoms with Crippen LogP contribution in [-0.2, 0) is 4.79 Å². The molecule has 0 spiro atoms. The number of nitrogens with one attached hydrogen (secondary N) is 1. The van der Waals surface area contributed by atoms with Crippen LogP contribution in [0.1, 0.15) is 29.7 Å². The van der Waals surface area contributed by atoms with Gasteiger partial charge in [0.1, 0.15) is 0 Å². The topological polar surface area (TPSA) is 47.6 Å². The smallest absolute Gasteiger partial charge is 0.225 e. The van der Waals surface area contributed by atoms with E-state index in [-0.39, 0.29) is 11.8 Å². The number of methoxy groups -OCH3 is 1. The van der Waals surface area contributed by atoms with Crippen molar-refractivity contribution in [2.45, 2.75) is 19.3 Å². The lowest BCUT2D eigenvalue weighted by Crippen LogP contribution is -2.22. The van der Waals surface area contributed by atoms with E-state index in [1.807, 2.05) is 49.4 Å². The Balaban J connectivity index is 1.76. The first-order chi connectivity index (χ1) is 13.6. The molecule has 4 rings (SSSR count). The summed E-state index contributed by atoms with van der Waals surface area (Å²) in [4.78, 5) is 13.6. The second kappa shape index (κ2) is 7.86. The number of fused-ring (bicyclic) bond motifs is 1. The molecule has 28 heavy (non-hydrogen) atoms. The standard InChI is InChI=1S/C22H20ClNO3S/c1-3-27-18-9-6-14(10-19(18)26-2)16-11-20(25)24-21-17(12-28-22(16)21)13-4-7-15(23)8-5-13/h4-10,12,16H,3,11H2,1-2H3,(H,24,25). The zero-order valence-electron chi connectivity index (χ0n) is 15.6. The summed E-state index contributed by atoms with van der Waals surface area (Å²) < 4.78 is 11.1.